The van der Waals surface area contributed by atoms with Crippen molar-refractivity contribution >= 4 is 39.5 Å². The Labute approximate surface area is 562 Å². The molecule has 0 saturated heterocycles. The molecule has 0 bridgehead atoms. The molecular formula is C73H142O17P2. The minimum absolute atomic E-state index is 0.105. The summed E-state index contributed by atoms with van der Waals surface area (Å²) in [6, 6.07) is 0. The number of hydrogen-bond acceptors (Lipinski definition) is 15. The third kappa shape index (κ3) is 65.4. The van der Waals surface area contributed by atoms with Gasteiger partial charge in [-0.05, 0) is 37.5 Å². The topological polar surface area (TPSA) is 237 Å². The molecule has 0 rings (SSSR count). The van der Waals surface area contributed by atoms with Crippen LogP contribution in [0.2, 0.25) is 0 Å². The lowest BCUT2D eigenvalue weighted by Crippen LogP contribution is -2.30. The van der Waals surface area contributed by atoms with Crippen molar-refractivity contribution < 1.29 is 80.2 Å². The second-order valence-corrected chi connectivity index (χ2v) is 30.0. The summed E-state index contributed by atoms with van der Waals surface area (Å²) in [6.45, 7) is 9.57. The summed E-state index contributed by atoms with van der Waals surface area (Å²) >= 11 is 0. The maximum atomic E-state index is 13.1. The van der Waals surface area contributed by atoms with E-state index < -0.39 is 97.5 Å². The van der Waals surface area contributed by atoms with Gasteiger partial charge < -0.3 is 33.8 Å². The van der Waals surface area contributed by atoms with Gasteiger partial charge in [0, 0.05) is 25.7 Å². The zero-order valence-corrected chi connectivity index (χ0v) is 61.6. The number of carbonyl (C=O) groups is 4. The highest BCUT2D eigenvalue weighted by Gasteiger charge is 2.30. The number of aliphatic hydroxyl groups is 1. The maximum absolute atomic E-state index is 13.1. The van der Waals surface area contributed by atoms with Crippen LogP contribution < -0.4 is 0 Å². The number of phosphoric acid groups is 2. The van der Waals surface area contributed by atoms with Gasteiger partial charge in [-0.15, -0.1) is 0 Å². The lowest BCUT2D eigenvalue weighted by Gasteiger charge is -2.21. The van der Waals surface area contributed by atoms with Crippen LogP contribution in [0.15, 0.2) is 0 Å². The van der Waals surface area contributed by atoms with Crippen LogP contribution in [0.1, 0.15) is 375 Å². The van der Waals surface area contributed by atoms with E-state index in [-0.39, 0.29) is 25.7 Å². The molecule has 92 heavy (non-hydrogen) atoms. The Kier molecular flexibility index (Phi) is 63.7. The zero-order chi connectivity index (χ0) is 67.9. The van der Waals surface area contributed by atoms with Gasteiger partial charge in [-0.2, -0.15) is 0 Å². The van der Waals surface area contributed by atoms with Crippen molar-refractivity contribution in [2.45, 2.75) is 394 Å². The van der Waals surface area contributed by atoms with E-state index in [2.05, 4.69) is 41.5 Å². The van der Waals surface area contributed by atoms with Crippen LogP contribution in [0.3, 0.4) is 0 Å². The second kappa shape index (κ2) is 65.0. The fraction of sp³-hybridized carbons (Fsp3) is 0.945. The smallest absolute Gasteiger partial charge is 0.462 e. The number of hydrogen-bond donors (Lipinski definition) is 3. The van der Waals surface area contributed by atoms with Crippen molar-refractivity contribution in [3.05, 3.63) is 0 Å². The lowest BCUT2D eigenvalue weighted by atomic mass is 9.99. The van der Waals surface area contributed by atoms with Crippen molar-refractivity contribution in [2.24, 2.45) is 11.8 Å². The van der Waals surface area contributed by atoms with Crippen molar-refractivity contribution in [2.75, 3.05) is 39.6 Å². The molecular weight excluding hydrogens is 1210 g/mol. The van der Waals surface area contributed by atoms with Crippen LogP contribution in [0.5, 0.6) is 0 Å². The van der Waals surface area contributed by atoms with E-state index in [0.29, 0.717) is 25.7 Å². The third-order valence-corrected chi connectivity index (χ3v) is 19.2. The molecule has 0 fully saturated rings. The normalized spacial score (nSPS) is 14.4. The Hall–Kier alpha value is -1.94. The van der Waals surface area contributed by atoms with Crippen molar-refractivity contribution in [3.8, 4) is 0 Å². The number of aliphatic hydroxyl groups excluding tert-OH is 1. The molecule has 3 unspecified atom stereocenters. The molecule has 0 saturated carbocycles. The predicted molar refractivity (Wildman–Crippen MR) is 372 cm³/mol. The van der Waals surface area contributed by atoms with Crippen molar-refractivity contribution in [1.82, 2.24) is 0 Å². The highest BCUT2D eigenvalue weighted by atomic mass is 31.2. The Bertz CT molecular complexity index is 1790. The fourth-order valence-corrected chi connectivity index (χ4v) is 12.7. The molecule has 546 valence electrons. The number of phosphoric ester groups is 2. The summed E-state index contributed by atoms with van der Waals surface area (Å²) in [7, 11) is -9.90. The molecule has 0 spiro atoms. The number of rotatable bonds is 72. The lowest BCUT2D eigenvalue weighted by molar-refractivity contribution is -0.161. The standard InChI is InChI=1S/C73H142O17P2/c1-7-10-12-14-16-18-19-20-21-22-23-24-25-33-39-45-51-57-72(77)89-69(62-84-71(76)56-50-44-38-32-27-26-31-36-42-48-54-66(6)9-3)64-88-92(81,82)86-60-67(74)59-85-91(79,80)87-63-68(61-83-70(75)55-49-43-37-29-17-15-13-11-8-2)90-73(78)58-52-46-40-34-28-30-35-41-47-53-65(4)5/h65-69,74H,7-64H2,1-6H3,(H,79,80)(H,81,82)/t66?,67-,68+,69+/m0/s1. The van der Waals surface area contributed by atoms with E-state index in [9.17, 15) is 43.2 Å². The van der Waals surface area contributed by atoms with Gasteiger partial charge in [0.2, 0.25) is 0 Å². The van der Waals surface area contributed by atoms with Crippen LogP contribution in [-0.4, -0.2) is 96.7 Å². The molecule has 3 N–H and O–H groups in total. The number of carbonyl (C=O) groups excluding carboxylic acids is 4. The first kappa shape index (κ1) is 90.1. The highest BCUT2D eigenvalue weighted by molar-refractivity contribution is 7.47. The van der Waals surface area contributed by atoms with Gasteiger partial charge >= 0.3 is 39.5 Å². The summed E-state index contributed by atoms with van der Waals surface area (Å²) in [5.41, 5.74) is 0. The number of unbranched alkanes of at least 4 members (excludes halogenated alkanes) is 41. The fourth-order valence-electron chi connectivity index (χ4n) is 11.1. The highest BCUT2D eigenvalue weighted by Crippen LogP contribution is 2.45. The SMILES string of the molecule is CCCCCCCCCCCCCCCCCCCC(=O)O[C@H](COC(=O)CCCCCCCCCCCCC(C)CC)COP(=O)(O)OC[C@@H](O)COP(=O)(O)OC[C@@H](COC(=O)CCCCCCCCCCC)OC(=O)CCCCCCCCCCCC(C)C. The first-order valence-electron chi connectivity index (χ1n) is 38.0. The Morgan fingerprint density at radius 2 is 0.554 bits per heavy atom. The molecule has 19 heteroatoms. The van der Waals surface area contributed by atoms with Crippen LogP contribution in [0, 0.1) is 11.8 Å². The quantitative estimate of drug-likeness (QED) is 0.0222. The molecule has 0 amide bonds. The van der Waals surface area contributed by atoms with Crippen LogP contribution in [0.25, 0.3) is 0 Å². The molecule has 0 aliphatic heterocycles. The summed E-state index contributed by atoms with van der Waals surface area (Å²) in [5, 5.41) is 10.6. The number of ether oxygens (including phenoxy) is 4. The third-order valence-electron chi connectivity index (χ3n) is 17.3. The molecule has 6 atom stereocenters. The van der Waals surface area contributed by atoms with Crippen molar-refractivity contribution in [1.29, 1.82) is 0 Å². The first-order valence-corrected chi connectivity index (χ1v) is 41.0. The average molecular weight is 1350 g/mol. The molecule has 0 heterocycles. The van der Waals surface area contributed by atoms with Gasteiger partial charge in [0.1, 0.15) is 19.3 Å². The Morgan fingerprint density at radius 1 is 0.315 bits per heavy atom. The van der Waals surface area contributed by atoms with Gasteiger partial charge in [0.25, 0.3) is 0 Å². The molecule has 0 aromatic heterocycles. The Balaban J connectivity index is 5.24. The zero-order valence-electron chi connectivity index (χ0n) is 59.9. The predicted octanol–water partition coefficient (Wildman–Crippen LogP) is 21.2. The van der Waals surface area contributed by atoms with E-state index in [4.69, 9.17) is 37.0 Å². The second-order valence-electron chi connectivity index (χ2n) is 27.1. The summed E-state index contributed by atoms with van der Waals surface area (Å²) < 4.78 is 68.4. The largest absolute Gasteiger partial charge is 0.472 e. The summed E-state index contributed by atoms with van der Waals surface area (Å²) in [4.78, 5) is 72.6. The van der Waals surface area contributed by atoms with Gasteiger partial charge in [0.15, 0.2) is 12.2 Å². The summed E-state index contributed by atoms with van der Waals surface area (Å²) in [6.07, 6.45) is 51.2. The van der Waals surface area contributed by atoms with E-state index in [1.165, 1.54) is 193 Å². The monoisotopic (exact) mass is 1350 g/mol. The molecule has 0 aliphatic carbocycles. The van der Waals surface area contributed by atoms with Crippen molar-refractivity contribution in [3.63, 3.8) is 0 Å². The Morgan fingerprint density at radius 3 is 0.826 bits per heavy atom. The molecule has 0 aromatic rings. The van der Waals surface area contributed by atoms with Crippen LogP contribution in [0.4, 0.5) is 0 Å². The maximum Gasteiger partial charge on any atom is 0.472 e. The molecule has 0 aromatic carbocycles. The summed E-state index contributed by atoms with van der Waals surface area (Å²) in [5.74, 6) is -0.574. The van der Waals surface area contributed by atoms with E-state index in [1.54, 1.807) is 0 Å². The number of esters is 4. The molecule has 0 aliphatic rings. The van der Waals surface area contributed by atoms with Gasteiger partial charge in [-0.1, -0.05) is 324 Å². The minimum atomic E-state index is -4.95. The van der Waals surface area contributed by atoms with E-state index in [1.807, 2.05) is 0 Å². The van der Waals surface area contributed by atoms with Crippen LogP contribution in [-0.2, 0) is 65.4 Å². The van der Waals surface area contributed by atoms with E-state index >= 15 is 0 Å². The minimum Gasteiger partial charge on any atom is -0.462 e. The first-order chi connectivity index (χ1) is 44.4. The van der Waals surface area contributed by atoms with Crippen LogP contribution >= 0.6 is 15.6 Å². The molecule has 17 nitrogen and oxygen atoms in total. The van der Waals surface area contributed by atoms with E-state index in [0.717, 1.165) is 102 Å². The molecule has 0 radical (unpaired) electrons. The van der Waals surface area contributed by atoms with Gasteiger partial charge in [-0.25, -0.2) is 9.13 Å². The average Bonchev–Trinajstić information content (AvgIpc) is 3.74. The van der Waals surface area contributed by atoms with Gasteiger partial charge in [0.05, 0.1) is 26.4 Å². The van der Waals surface area contributed by atoms with Gasteiger partial charge in [-0.3, -0.25) is 37.3 Å².